The van der Waals surface area contributed by atoms with Crippen LogP contribution in [-0.2, 0) is 11.3 Å². The van der Waals surface area contributed by atoms with Crippen LogP contribution in [0, 0.1) is 6.92 Å². The number of carbonyl (C=O) groups is 2. The Morgan fingerprint density at radius 1 is 1.13 bits per heavy atom. The molecule has 31 heavy (non-hydrogen) atoms. The molecular formula is C26H31N3O2. The molecule has 1 N–H and O–H groups in total. The summed E-state index contributed by atoms with van der Waals surface area (Å²) in [5.41, 5.74) is 6.01. The van der Waals surface area contributed by atoms with Gasteiger partial charge in [-0.1, -0.05) is 42.8 Å². The molecule has 0 spiro atoms. The number of urea groups is 1. The first-order valence-electron chi connectivity index (χ1n) is 11.0. The molecule has 162 valence electrons. The first kappa shape index (κ1) is 21.2. The zero-order valence-electron chi connectivity index (χ0n) is 19.0. The van der Waals surface area contributed by atoms with Gasteiger partial charge in [0.25, 0.3) is 5.91 Å². The van der Waals surface area contributed by atoms with Crippen LogP contribution >= 0.6 is 0 Å². The summed E-state index contributed by atoms with van der Waals surface area (Å²) in [5.74, 6) is 0.144. The molecule has 4 rings (SSSR count). The van der Waals surface area contributed by atoms with Crippen molar-refractivity contribution < 1.29 is 9.59 Å². The van der Waals surface area contributed by atoms with Gasteiger partial charge < -0.3 is 10.2 Å². The molecule has 2 heterocycles. The minimum absolute atomic E-state index is 0.118. The fraction of sp³-hybridized carbons (Fsp3) is 0.385. The van der Waals surface area contributed by atoms with Crippen LogP contribution in [-0.4, -0.2) is 28.9 Å². The van der Waals surface area contributed by atoms with E-state index in [2.05, 4.69) is 50.0 Å². The molecule has 2 aromatic rings. The Balaban J connectivity index is 1.59. The summed E-state index contributed by atoms with van der Waals surface area (Å²) in [6, 6.07) is 13.8. The summed E-state index contributed by atoms with van der Waals surface area (Å²) in [5, 5.41) is 2.75. The van der Waals surface area contributed by atoms with Gasteiger partial charge in [0.15, 0.2) is 0 Å². The molecule has 5 heteroatoms. The van der Waals surface area contributed by atoms with Crippen LogP contribution < -0.4 is 10.2 Å². The Morgan fingerprint density at radius 3 is 2.52 bits per heavy atom. The van der Waals surface area contributed by atoms with E-state index in [1.54, 1.807) is 6.08 Å². The Morgan fingerprint density at radius 2 is 1.84 bits per heavy atom. The number of imide groups is 1. The summed E-state index contributed by atoms with van der Waals surface area (Å²) < 4.78 is 0. The number of hydrogen-bond donors (Lipinski definition) is 1. The van der Waals surface area contributed by atoms with Crippen molar-refractivity contribution in [2.75, 3.05) is 11.4 Å². The minimum atomic E-state index is -0.373. The normalized spacial score (nSPS) is 21.5. The Kier molecular flexibility index (Phi) is 5.38. The number of fused-ring (bicyclic) bond motifs is 1. The third-order valence-corrected chi connectivity index (χ3v) is 6.46. The largest absolute Gasteiger partial charge is 0.366 e. The van der Waals surface area contributed by atoms with E-state index in [4.69, 9.17) is 0 Å². The highest BCUT2D eigenvalue weighted by Crippen LogP contribution is 2.43. The van der Waals surface area contributed by atoms with Gasteiger partial charge in [0.2, 0.25) is 0 Å². The number of hydrogen-bond acceptors (Lipinski definition) is 3. The van der Waals surface area contributed by atoms with Crippen molar-refractivity contribution in [3.63, 3.8) is 0 Å². The smallest absolute Gasteiger partial charge is 0.329 e. The van der Waals surface area contributed by atoms with Crippen molar-refractivity contribution in [1.29, 1.82) is 0 Å². The third-order valence-electron chi connectivity index (χ3n) is 6.46. The molecule has 0 radical (unpaired) electrons. The fourth-order valence-electron chi connectivity index (χ4n) is 4.96. The van der Waals surface area contributed by atoms with Gasteiger partial charge >= 0.3 is 6.03 Å². The fourth-order valence-corrected chi connectivity index (χ4v) is 4.96. The van der Waals surface area contributed by atoms with Gasteiger partial charge in [0.1, 0.15) is 5.70 Å². The first-order valence-corrected chi connectivity index (χ1v) is 11.0. The molecule has 1 saturated heterocycles. The van der Waals surface area contributed by atoms with E-state index in [1.165, 1.54) is 16.2 Å². The average Bonchev–Trinajstić information content (AvgIpc) is 2.97. The molecule has 0 saturated carbocycles. The second-order valence-electron chi connectivity index (χ2n) is 9.35. The molecule has 2 aliphatic heterocycles. The molecule has 5 nitrogen and oxygen atoms in total. The van der Waals surface area contributed by atoms with Gasteiger partial charge in [-0.05, 0) is 74.9 Å². The minimum Gasteiger partial charge on any atom is -0.366 e. The van der Waals surface area contributed by atoms with E-state index in [1.807, 2.05) is 37.3 Å². The van der Waals surface area contributed by atoms with Crippen LogP contribution in [0.3, 0.4) is 0 Å². The highest BCUT2D eigenvalue weighted by molar-refractivity contribution is 6.13. The number of benzene rings is 2. The highest BCUT2D eigenvalue weighted by Gasteiger charge is 2.36. The summed E-state index contributed by atoms with van der Waals surface area (Å²) in [6.45, 7) is 12.3. The van der Waals surface area contributed by atoms with E-state index in [9.17, 15) is 9.59 Å². The maximum absolute atomic E-state index is 12.9. The molecule has 0 aliphatic carbocycles. The van der Waals surface area contributed by atoms with Crippen LogP contribution in [0.5, 0.6) is 0 Å². The number of nitrogens with one attached hydrogen (secondary N) is 1. The lowest BCUT2D eigenvalue weighted by atomic mass is 9.79. The SMILES string of the molecule is CCN1c2ccc(/C=C3/NC(=O)N(Cc4ccc(C)cc4)C3=O)cc2C(C)CC1(C)C. The van der Waals surface area contributed by atoms with Crippen LogP contribution in [0.15, 0.2) is 48.2 Å². The number of nitrogens with zero attached hydrogens (tertiary/aromatic N) is 2. The van der Waals surface area contributed by atoms with E-state index in [0.717, 1.165) is 29.7 Å². The van der Waals surface area contributed by atoms with Gasteiger partial charge in [-0.15, -0.1) is 0 Å². The predicted molar refractivity (Wildman–Crippen MR) is 125 cm³/mol. The zero-order chi connectivity index (χ0) is 22.3. The maximum Gasteiger partial charge on any atom is 0.329 e. The van der Waals surface area contributed by atoms with Crippen LogP contribution in [0.4, 0.5) is 10.5 Å². The lowest BCUT2D eigenvalue weighted by molar-refractivity contribution is -0.123. The third kappa shape index (κ3) is 3.97. The van der Waals surface area contributed by atoms with Gasteiger partial charge in [-0.3, -0.25) is 9.69 Å². The molecule has 1 unspecified atom stereocenters. The van der Waals surface area contributed by atoms with E-state index >= 15 is 0 Å². The van der Waals surface area contributed by atoms with Gasteiger partial charge in [0.05, 0.1) is 6.54 Å². The molecule has 1 fully saturated rings. The van der Waals surface area contributed by atoms with Crippen molar-refractivity contribution in [1.82, 2.24) is 10.2 Å². The number of anilines is 1. The summed E-state index contributed by atoms with van der Waals surface area (Å²) >= 11 is 0. The second kappa shape index (κ2) is 7.88. The Labute approximate surface area is 184 Å². The number of aryl methyl sites for hydroxylation is 1. The van der Waals surface area contributed by atoms with Crippen molar-refractivity contribution in [2.24, 2.45) is 0 Å². The van der Waals surface area contributed by atoms with Crippen molar-refractivity contribution in [2.45, 2.75) is 59.0 Å². The van der Waals surface area contributed by atoms with Crippen molar-refractivity contribution in [3.05, 3.63) is 70.4 Å². The van der Waals surface area contributed by atoms with Crippen molar-refractivity contribution >= 4 is 23.7 Å². The molecule has 0 bridgehead atoms. The monoisotopic (exact) mass is 417 g/mol. The van der Waals surface area contributed by atoms with Gasteiger partial charge in [-0.2, -0.15) is 0 Å². The molecule has 0 aromatic heterocycles. The van der Waals surface area contributed by atoms with Crippen molar-refractivity contribution in [3.8, 4) is 0 Å². The van der Waals surface area contributed by atoms with Crippen LogP contribution in [0.1, 0.15) is 62.3 Å². The highest BCUT2D eigenvalue weighted by atomic mass is 16.2. The Bertz CT molecular complexity index is 1050. The number of rotatable bonds is 4. The average molecular weight is 418 g/mol. The molecule has 2 aromatic carbocycles. The number of amides is 3. The topological polar surface area (TPSA) is 52.7 Å². The van der Waals surface area contributed by atoms with Gasteiger partial charge in [-0.25, -0.2) is 4.79 Å². The van der Waals surface area contributed by atoms with E-state index in [0.29, 0.717) is 11.6 Å². The summed E-state index contributed by atoms with van der Waals surface area (Å²) in [6.07, 6.45) is 2.87. The number of carbonyl (C=O) groups excluding carboxylic acids is 2. The lowest BCUT2D eigenvalue weighted by Gasteiger charge is -2.47. The summed E-state index contributed by atoms with van der Waals surface area (Å²) in [4.78, 5) is 29.0. The van der Waals surface area contributed by atoms with E-state index < -0.39 is 0 Å². The van der Waals surface area contributed by atoms with Gasteiger partial charge in [0, 0.05) is 17.8 Å². The van der Waals surface area contributed by atoms with Crippen LogP contribution in [0.25, 0.3) is 6.08 Å². The molecule has 3 amide bonds. The quantitative estimate of drug-likeness (QED) is 0.549. The first-order chi connectivity index (χ1) is 14.7. The Hall–Kier alpha value is -3.08. The molecule has 2 aliphatic rings. The standard InChI is InChI=1S/C26H31N3O2/c1-6-29-23-12-11-20(13-21(23)18(3)15-26(29,4)5)14-22-24(30)28(25(31)27-22)16-19-9-7-17(2)8-10-19/h7-14,18H,6,15-16H2,1-5H3,(H,27,31)/b22-14+. The molecule has 1 atom stereocenters. The summed E-state index contributed by atoms with van der Waals surface area (Å²) in [7, 11) is 0. The van der Waals surface area contributed by atoms with Crippen LogP contribution in [0.2, 0.25) is 0 Å². The predicted octanol–water partition coefficient (Wildman–Crippen LogP) is 5.20. The lowest BCUT2D eigenvalue weighted by Crippen LogP contribution is -2.48. The zero-order valence-corrected chi connectivity index (χ0v) is 19.0. The molecular weight excluding hydrogens is 386 g/mol. The maximum atomic E-state index is 12.9. The second-order valence-corrected chi connectivity index (χ2v) is 9.35. The van der Waals surface area contributed by atoms with E-state index in [-0.39, 0.29) is 24.0 Å².